The molecule has 4 rings (SSSR count). The van der Waals surface area contributed by atoms with Crippen LogP contribution in [0.2, 0.25) is 0 Å². The average molecular weight is 405 g/mol. The number of urea groups is 1. The van der Waals surface area contributed by atoms with Gasteiger partial charge in [0.05, 0.1) is 0 Å². The number of nitrogens with zero attached hydrogens (tertiary/aromatic N) is 1. The van der Waals surface area contributed by atoms with Crippen LogP contribution in [-0.4, -0.2) is 23.1 Å². The molecular weight excluding hydrogens is 382 g/mol. The van der Waals surface area contributed by atoms with Crippen LogP contribution >= 0.6 is 0 Å². The highest BCUT2D eigenvalue weighted by Crippen LogP contribution is 2.23. The third kappa shape index (κ3) is 5.16. The summed E-state index contributed by atoms with van der Waals surface area (Å²) in [5, 5.41) is 15.5. The van der Waals surface area contributed by atoms with Gasteiger partial charge in [0.25, 0.3) is 5.91 Å². The lowest BCUT2D eigenvalue weighted by Gasteiger charge is -2.19. The highest BCUT2D eigenvalue weighted by Gasteiger charge is 2.23. The Bertz CT molecular complexity index is 1010. The lowest BCUT2D eigenvalue weighted by molar-refractivity contribution is -0.117. The third-order valence-electron chi connectivity index (χ3n) is 4.64. The molecule has 1 aliphatic carbocycles. The minimum absolute atomic E-state index is 0.206. The predicted octanol–water partition coefficient (Wildman–Crippen LogP) is 4.06. The van der Waals surface area contributed by atoms with Gasteiger partial charge < -0.3 is 25.8 Å². The Balaban J connectivity index is 1.45. The summed E-state index contributed by atoms with van der Waals surface area (Å²) in [4.78, 5) is 24.8. The first kappa shape index (κ1) is 19.5. The van der Waals surface area contributed by atoms with Crippen LogP contribution in [0.4, 0.5) is 22.0 Å². The van der Waals surface area contributed by atoms with Gasteiger partial charge in [0, 0.05) is 23.5 Å². The summed E-state index contributed by atoms with van der Waals surface area (Å²) in [5.41, 5.74) is 2.22. The quantitative estimate of drug-likeness (QED) is 0.474. The van der Waals surface area contributed by atoms with Crippen LogP contribution in [0, 0.1) is 6.92 Å². The first-order valence-electron chi connectivity index (χ1n) is 9.80. The standard InChI is InChI=1S/C22H23N5O3/c1-14-13-19(27-30-14)26-21(28)20(15-5-3-2-4-6-15)23-16-7-9-17(10-8-16)24-22(29)25-18-11-12-18/h2-10,13,18,20,23H,11-12H2,1H3,(H2,24,25,29)(H,26,27,28). The maximum absolute atomic E-state index is 12.9. The van der Waals surface area contributed by atoms with Crippen molar-refractivity contribution in [2.75, 3.05) is 16.0 Å². The first-order chi connectivity index (χ1) is 14.6. The fourth-order valence-electron chi connectivity index (χ4n) is 2.97. The monoisotopic (exact) mass is 405 g/mol. The molecule has 2 aromatic carbocycles. The number of rotatable bonds is 7. The summed E-state index contributed by atoms with van der Waals surface area (Å²) in [6.07, 6.45) is 2.07. The van der Waals surface area contributed by atoms with E-state index < -0.39 is 6.04 Å². The fraction of sp³-hybridized carbons (Fsp3) is 0.227. The maximum Gasteiger partial charge on any atom is 0.319 e. The molecule has 3 aromatic rings. The topological polar surface area (TPSA) is 108 Å². The first-order valence-corrected chi connectivity index (χ1v) is 9.80. The van der Waals surface area contributed by atoms with E-state index in [1.165, 1.54) is 0 Å². The molecule has 1 saturated carbocycles. The molecular formula is C22H23N5O3. The van der Waals surface area contributed by atoms with Crippen LogP contribution in [0.5, 0.6) is 0 Å². The van der Waals surface area contributed by atoms with E-state index in [1.54, 1.807) is 25.1 Å². The molecule has 0 radical (unpaired) electrons. The van der Waals surface area contributed by atoms with Crippen LogP contribution in [0.25, 0.3) is 0 Å². The average Bonchev–Trinajstić information content (AvgIpc) is 3.46. The van der Waals surface area contributed by atoms with Gasteiger partial charge in [-0.15, -0.1) is 0 Å². The van der Waals surface area contributed by atoms with E-state index in [9.17, 15) is 9.59 Å². The SMILES string of the molecule is Cc1cc(NC(=O)C(Nc2ccc(NC(=O)NC3CC3)cc2)c2ccccc2)no1. The van der Waals surface area contributed by atoms with Crippen molar-refractivity contribution in [3.05, 3.63) is 72.0 Å². The Hall–Kier alpha value is -3.81. The van der Waals surface area contributed by atoms with Gasteiger partial charge in [0.1, 0.15) is 11.8 Å². The smallest absolute Gasteiger partial charge is 0.319 e. The van der Waals surface area contributed by atoms with Crippen LogP contribution in [0.3, 0.4) is 0 Å². The number of carbonyl (C=O) groups is 2. The number of aryl methyl sites for hydroxylation is 1. The normalized spacial score (nSPS) is 13.9. The molecule has 1 atom stereocenters. The zero-order chi connectivity index (χ0) is 20.9. The van der Waals surface area contributed by atoms with E-state index >= 15 is 0 Å². The Morgan fingerprint density at radius 3 is 2.33 bits per heavy atom. The number of aromatic nitrogens is 1. The molecule has 1 heterocycles. The number of carbonyl (C=O) groups excluding carboxylic acids is 2. The van der Waals surface area contributed by atoms with E-state index in [1.807, 2.05) is 42.5 Å². The van der Waals surface area contributed by atoms with Crippen molar-refractivity contribution >= 4 is 29.1 Å². The van der Waals surface area contributed by atoms with Gasteiger partial charge in [-0.2, -0.15) is 0 Å². The summed E-state index contributed by atoms with van der Waals surface area (Å²) in [6.45, 7) is 1.76. The highest BCUT2D eigenvalue weighted by molar-refractivity contribution is 5.96. The molecule has 1 aromatic heterocycles. The number of anilines is 3. The number of benzene rings is 2. The second-order valence-corrected chi connectivity index (χ2v) is 7.25. The second kappa shape index (κ2) is 8.69. The molecule has 0 aliphatic heterocycles. The molecule has 8 heteroatoms. The van der Waals surface area contributed by atoms with Crippen molar-refractivity contribution < 1.29 is 14.1 Å². The van der Waals surface area contributed by atoms with E-state index in [0.717, 1.165) is 24.1 Å². The van der Waals surface area contributed by atoms with Gasteiger partial charge in [-0.1, -0.05) is 35.5 Å². The Labute approximate surface area is 174 Å². The van der Waals surface area contributed by atoms with Gasteiger partial charge >= 0.3 is 6.03 Å². The summed E-state index contributed by atoms with van der Waals surface area (Å²) >= 11 is 0. The van der Waals surface area contributed by atoms with Crippen molar-refractivity contribution in [2.45, 2.75) is 31.8 Å². The van der Waals surface area contributed by atoms with Gasteiger partial charge in [0.2, 0.25) is 0 Å². The Morgan fingerprint density at radius 2 is 1.70 bits per heavy atom. The molecule has 3 amide bonds. The molecule has 1 fully saturated rings. The molecule has 1 aliphatic rings. The maximum atomic E-state index is 12.9. The van der Waals surface area contributed by atoms with Crippen molar-refractivity contribution in [1.82, 2.24) is 10.5 Å². The lowest BCUT2D eigenvalue weighted by atomic mass is 10.1. The third-order valence-corrected chi connectivity index (χ3v) is 4.64. The molecule has 8 nitrogen and oxygen atoms in total. The highest BCUT2D eigenvalue weighted by atomic mass is 16.5. The van der Waals surface area contributed by atoms with E-state index in [2.05, 4.69) is 26.4 Å². The molecule has 0 spiro atoms. The minimum atomic E-state index is -0.639. The summed E-state index contributed by atoms with van der Waals surface area (Å²) in [7, 11) is 0. The minimum Gasteiger partial charge on any atom is -0.370 e. The van der Waals surface area contributed by atoms with Crippen molar-refractivity contribution in [3.8, 4) is 0 Å². The number of nitrogens with one attached hydrogen (secondary N) is 4. The zero-order valence-corrected chi connectivity index (χ0v) is 16.5. The van der Waals surface area contributed by atoms with Crippen LogP contribution in [0.1, 0.15) is 30.2 Å². The van der Waals surface area contributed by atoms with Crippen molar-refractivity contribution in [3.63, 3.8) is 0 Å². The molecule has 1 unspecified atom stereocenters. The summed E-state index contributed by atoms with van der Waals surface area (Å²) < 4.78 is 5.02. The zero-order valence-electron chi connectivity index (χ0n) is 16.5. The Morgan fingerprint density at radius 1 is 1.00 bits per heavy atom. The van der Waals surface area contributed by atoms with Crippen LogP contribution < -0.4 is 21.3 Å². The Kier molecular flexibility index (Phi) is 5.65. The van der Waals surface area contributed by atoms with E-state index in [0.29, 0.717) is 23.3 Å². The van der Waals surface area contributed by atoms with E-state index in [-0.39, 0.29) is 11.9 Å². The van der Waals surface area contributed by atoms with Crippen LogP contribution in [0.15, 0.2) is 65.2 Å². The van der Waals surface area contributed by atoms with Gasteiger partial charge in [-0.05, 0) is 49.6 Å². The largest absolute Gasteiger partial charge is 0.370 e. The number of hydrogen-bond acceptors (Lipinski definition) is 5. The second-order valence-electron chi connectivity index (χ2n) is 7.25. The number of amides is 3. The van der Waals surface area contributed by atoms with E-state index in [4.69, 9.17) is 4.52 Å². The van der Waals surface area contributed by atoms with Crippen molar-refractivity contribution in [1.29, 1.82) is 0 Å². The van der Waals surface area contributed by atoms with Gasteiger partial charge in [-0.25, -0.2) is 4.79 Å². The molecule has 4 N–H and O–H groups in total. The lowest BCUT2D eigenvalue weighted by Crippen LogP contribution is -2.30. The van der Waals surface area contributed by atoms with Crippen LogP contribution in [-0.2, 0) is 4.79 Å². The summed E-state index contributed by atoms with van der Waals surface area (Å²) in [5.74, 6) is 0.713. The number of hydrogen-bond donors (Lipinski definition) is 4. The fourth-order valence-corrected chi connectivity index (χ4v) is 2.97. The summed E-state index contributed by atoms with van der Waals surface area (Å²) in [6, 6.07) is 17.7. The molecule has 30 heavy (non-hydrogen) atoms. The molecule has 154 valence electrons. The molecule has 0 saturated heterocycles. The van der Waals surface area contributed by atoms with Crippen molar-refractivity contribution in [2.24, 2.45) is 0 Å². The predicted molar refractivity (Wildman–Crippen MR) is 114 cm³/mol. The van der Waals surface area contributed by atoms with Gasteiger partial charge in [-0.3, -0.25) is 4.79 Å². The molecule has 0 bridgehead atoms. The van der Waals surface area contributed by atoms with Gasteiger partial charge in [0.15, 0.2) is 5.82 Å².